The molecule has 1 heterocycles. The summed E-state index contributed by atoms with van der Waals surface area (Å²) in [5.74, 6) is 0. The van der Waals surface area contributed by atoms with Crippen LogP contribution in [0.15, 0.2) is 27.0 Å². The summed E-state index contributed by atoms with van der Waals surface area (Å²) >= 11 is 7.43. The van der Waals surface area contributed by atoms with Crippen molar-refractivity contribution in [2.24, 2.45) is 0 Å². The summed E-state index contributed by atoms with van der Waals surface area (Å²) < 4.78 is 1.62. The molecular formula is C12H15ClN4OS. The van der Waals surface area contributed by atoms with Gasteiger partial charge in [-0.15, -0.1) is 5.10 Å². The SMILES string of the molecule is CCCn1c(Sc2cc(Cl)c(N)cc2C)n[nH]c1=O. The van der Waals surface area contributed by atoms with E-state index in [-0.39, 0.29) is 5.69 Å². The molecule has 0 radical (unpaired) electrons. The zero-order valence-electron chi connectivity index (χ0n) is 10.7. The van der Waals surface area contributed by atoms with Crippen molar-refractivity contribution >= 4 is 29.1 Å². The molecule has 5 nitrogen and oxygen atoms in total. The van der Waals surface area contributed by atoms with E-state index < -0.39 is 0 Å². The van der Waals surface area contributed by atoms with Crippen LogP contribution in [-0.4, -0.2) is 14.8 Å². The fourth-order valence-electron chi connectivity index (χ4n) is 1.70. The highest BCUT2D eigenvalue weighted by atomic mass is 35.5. The molecule has 0 amide bonds. The highest BCUT2D eigenvalue weighted by molar-refractivity contribution is 7.99. The Bertz CT molecular complexity index is 650. The van der Waals surface area contributed by atoms with E-state index in [1.54, 1.807) is 10.6 Å². The molecule has 102 valence electrons. The highest BCUT2D eigenvalue weighted by Crippen LogP contribution is 2.33. The molecule has 0 bridgehead atoms. The van der Waals surface area contributed by atoms with E-state index in [2.05, 4.69) is 10.2 Å². The van der Waals surface area contributed by atoms with Gasteiger partial charge in [-0.05, 0) is 42.8 Å². The van der Waals surface area contributed by atoms with Crippen LogP contribution in [-0.2, 0) is 6.54 Å². The van der Waals surface area contributed by atoms with Crippen LogP contribution < -0.4 is 11.4 Å². The maximum Gasteiger partial charge on any atom is 0.343 e. The maximum atomic E-state index is 11.6. The van der Waals surface area contributed by atoms with E-state index in [1.807, 2.05) is 19.9 Å². The van der Waals surface area contributed by atoms with Crippen molar-refractivity contribution in [1.82, 2.24) is 14.8 Å². The Hall–Kier alpha value is -1.40. The van der Waals surface area contributed by atoms with E-state index in [0.717, 1.165) is 16.9 Å². The van der Waals surface area contributed by atoms with Crippen molar-refractivity contribution in [2.45, 2.75) is 36.9 Å². The number of benzene rings is 1. The average molecular weight is 299 g/mol. The first-order valence-corrected chi connectivity index (χ1v) is 7.11. The maximum absolute atomic E-state index is 11.6. The van der Waals surface area contributed by atoms with E-state index in [9.17, 15) is 4.79 Å². The summed E-state index contributed by atoms with van der Waals surface area (Å²) in [5.41, 5.74) is 7.11. The standard InChI is InChI=1S/C12H15ClN4OS/c1-3-4-17-11(18)15-16-12(17)19-10-6-8(13)9(14)5-7(10)2/h5-6H,3-4,14H2,1-2H3,(H,15,18). The predicted molar refractivity (Wildman–Crippen MR) is 77.9 cm³/mol. The van der Waals surface area contributed by atoms with Gasteiger partial charge in [-0.25, -0.2) is 9.89 Å². The van der Waals surface area contributed by atoms with Crippen LogP contribution in [0.4, 0.5) is 5.69 Å². The molecule has 2 rings (SSSR count). The van der Waals surface area contributed by atoms with Crippen LogP contribution in [0.2, 0.25) is 5.02 Å². The number of nitrogens with two attached hydrogens (primary N) is 1. The van der Waals surface area contributed by atoms with Gasteiger partial charge in [0.1, 0.15) is 0 Å². The topological polar surface area (TPSA) is 76.7 Å². The minimum absolute atomic E-state index is 0.191. The van der Waals surface area contributed by atoms with E-state index >= 15 is 0 Å². The summed E-state index contributed by atoms with van der Waals surface area (Å²) in [7, 11) is 0. The third-order valence-electron chi connectivity index (χ3n) is 2.67. The molecule has 0 atom stereocenters. The molecule has 2 aromatic rings. The minimum Gasteiger partial charge on any atom is -0.398 e. The number of H-pyrrole nitrogens is 1. The zero-order valence-corrected chi connectivity index (χ0v) is 12.3. The summed E-state index contributed by atoms with van der Waals surface area (Å²) in [5, 5.41) is 7.65. The second-order valence-corrected chi connectivity index (χ2v) is 5.62. The minimum atomic E-state index is -0.191. The first-order valence-electron chi connectivity index (χ1n) is 5.91. The van der Waals surface area contributed by atoms with Crippen molar-refractivity contribution in [1.29, 1.82) is 0 Å². The Morgan fingerprint density at radius 2 is 2.26 bits per heavy atom. The van der Waals surface area contributed by atoms with E-state index in [4.69, 9.17) is 17.3 Å². The molecule has 0 spiro atoms. The van der Waals surface area contributed by atoms with Crippen molar-refractivity contribution in [2.75, 3.05) is 5.73 Å². The number of anilines is 1. The molecule has 0 aliphatic carbocycles. The van der Waals surface area contributed by atoms with Gasteiger partial charge in [0.05, 0.1) is 10.7 Å². The Morgan fingerprint density at radius 3 is 2.95 bits per heavy atom. The molecule has 0 saturated carbocycles. The van der Waals surface area contributed by atoms with Gasteiger partial charge in [-0.2, -0.15) is 0 Å². The summed E-state index contributed by atoms with van der Waals surface area (Å²) in [6, 6.07) is 3.62. The fraction of sp³-hybridized carbons (Fsp3) is 0.333. The van der Waals surface area contributed by atoms with Crippen molar-refractivity contribution in [3.05, 3.63) is 33.2 Å². The molecule has 1 aromatic carbocycles. The number of aryl methyl sites for hydroxylation is 1. The molecular weight excluding hydrogens is 284 g/mol. The largest absolute Gasteiger partial charge is 0.398 e. The molecule has 0 fully saturated rings. The molecule has 0 unspecified atom stereocenters. The molecule has 7 heteroatoms. The van der Waals surface area contributed by atoms with Crippen LogP contribution in [0.5, 0.6) is 0 Å². The first kappa shape index (κ1) is 14.0. The van der Waals surface area contributed by atoms with Gasteiger partial charge in [-0.3, -0.25) is 4.57 Å². The molecule has 0 aliphatic heterocycles. The lowest BCUT2D eigenvalue weighted by Crippen LogP contribution is -2.17. The van der Waals surface area contributed by atoms with Gasteiger partial charge in [0.25, 0.3) is 0 Å². The molecule has 1 aromatic heterocycles. The van der Waals surface area contributed by atoms with Gasteiger partial charge in [0, 0.05) is 11.4 Å². The Balaban J connectivity index is 2.36. The smallest absolute Gasteiger partial charge is 0.343 e. The quantitative estimate of drug-likeness (QED) is 0.851. The summed E-state index contributed by atoms with van der Waals surface area (Å²) in [4.78, 5) is 12.6. The second kappa shape index (κ2) is 5.71. The Labute approximate surface area is 120 Å². The van der Waals surface area contributed by atoms with E-state index in [0.29, 0.717) is 22.4 Å². The summed E-state index contributed by atoms with van der Waals surface area (Å²) in [6.07, 6.45) is 0.870. The number of aromatic nitrogens is 3. The number of hydrogen-bond donors (Lipinski definition) is 2. The lowest BCUT2D eigenvalue weighted by Gasteiger charge is -2.08. The third-order valence-corrected chi connectivity index (χ3v) is 4.15. The van der Waals surface area contributed by atoms with Gasteiger partial charge in [0.15, 0.2) is 5.16 Å². The van der Waals surface area contributed by atoms with E-state index in [1.165, 1.54) is 11.8 Å². The van der Waals surface area contributed by atoms with Crippen LogP contribution in [0, 0.1) is 6.92 Å². The third kappa shape index (κ3) is 2.96. The Kier molecular flexibility index (Phi) is 4.21. The number of nitrogens with zero attached hydrogens (tertiary/aromatic N) is 2. The van der Waals surface area contributed by atoms with Crippen molar-refractivity contribution in [3.63, 3.8) is 0 Å². The van der Waals surface area contributed by atoms with Crippen LogP contribution >= 0.6 is 23.4 Å². The number of rotatable bonds is 4. The van der Waals surface area contributed by atoms with Gasteiger partial charge < -0.3 is 5.73 Å². The van der Waals surface area contributed by atoms with Crippen LogP contribution in [0.25, 0.3) is 0 Å². The number of halogens is 1. The molecule has 0 saturated heterocycles. The van der Waals surface area contributed by atoms with Gasteiger partial charge >= 0.3 is 5.69 Å². The second-order valence-electron chi connectivity index (χ2n) is 4.20. The normalized spacial score (nSPS) is 10.9. The van der Waals surface area contributed by atoms with Gasteiger partial charge in [-0.1, -0.05) is 18.5 Å². The van der Waals surface area contributed by atoms with Crippen molar-refractivity contribution < 1.29 is 0 Å². The number of nitrogen functional groups attached to an aromatic ring is 1. The number of hydrogen-bond acceptors (Lipinski definition) is 4. The van der Waals surface area contributed by atoms with Crippen LogP contribution in [0.1, 0.15) is 18.9 Å². The molecule has 0 aliphatic rings. The van der Waals surface area contributed by atoms with Crippen molar-refractivity contribution in [3.8, 4) is 0 Å². The first-order chi connectivity index (χ1) is 9.02. The van der Waals surface area contributed by atoms with Gasteiger partial charge in [0.2, 0.25) is 0 Å². The predicted octanol–water partition coefficient (Wildman–Crippen LogP) is 2.68. The molecule has 19 heavy (non-hydrogen) atoms. The number of aromatic amines is 1. The fourth-order valence-corrected chi connectivity index (χ4v) is 2.89. The lowest BCUT2D eigenvalue weighted by atomic mass is 10.2. The van der Waals surface area contributed by atoms with Crippen LogP contribution in [0.3, 0.4) is 0 Å². The monoisotopic (exact) mass is 298 g/mol. The average Bonchev–Trinajstić information content (AvgIpc) is 2.69. The number of nitrogens with one attached hydrogen (secondary N) is 1. The summed E-state index contributed by atoms with van der Waals surface area (Å²) in [6.45, 7) is 4.60. The highest BCUT2D eigenvalue weighted by Gasteiger charge is 2.12. The zero-order chi connectivity index (χ0) is 14.0. The lowest BCUT2D eigenvalue weighted by molar-refractivity contribution is 0.604. The Morgan fingerprint density at radius 1 is 1.53 bits per heavy atom. The molecule has 3 N–H and O–H groups in total.